The Hall–Kier alpha value is -1.13. The van der Waals surface area contributed by atoms with E-state index in [0.717, 1.165) is 29.8 Å². The Morgan fingerprint density at radius 2 is 2.11 bits per heavy atom. The highest BCUT2D eigenvalue weighted by molar-refractivity contribution is 9.10. The molecule has 0 radical (unpaired) electrons. The van der Waals surface area contributed by atoms with Crippen LogP contribution in [0.1, 0.15) is 23.2 Å². The van der Waals surface area contributed by atoms with Gasteiger partial charge in [-0.15, -0.1) is 0 Å². The number of imidazole rings is 1. The lowest BCUT2D eigenvalue weighted by Crippen LogP contribution is -2.30. The monoisotopic (exact) mass is 319 g/mol. The lowest BCUT2D eigenvalue weighted by atomic mass is 9.98. The minimum absolute atomic E-state index is 0.251. The number of hydrogen-bond acceptors (Lipinski definition) is 2. The van der Waals surface area contributed by atoms with Gasteiger partial charge in [-0.2, -0.15) is 0 Å². The van der Waals surface area contributed by atoms with Gasteiger partial charge in [0, 0.05) is 30.3 Å². The Balaban J connectivity index is 2.12. The molecule has 0 saturated carbocycles. The van der Waals surface area contributed by atoms with Gasteiger partial charge in [0.15, 0.2) is 4.73 Å². The fourth-order valence-corrected chi connectivity index (χ4v) is 3.22. The van der Waals surface area contributed by atoms with Crippen LogP contribution in [0.5, 0.6) is 0 Å². The number of rotatable bonds is 1. The molecular weight excluding hydrogens is 302 g/mol. The predicted molar refractivity (Wildman–Crippen MR) is 81.1 cm³/mol. The van der Waals surface area contributed by atoms with Crippen molar-refractivity contribution in [3.8, 4) is 11.3 Å². The predicted octanol–water partition coefficient (Wildman–Crippen LogP) is 3.20. The van der Waals surface area contributed by atoms with Crippen LogP contribution in [0.2, 0.25) is 0 Å². The van der Waals surface area contributed by atoms with Crippen molar-refractivity contribution >= 4 is 15.9 Å². The maximum absolute atomic E-state index is 6.10. The highest BCUT2D eigenvalue weighted by atomic mass is 79.9. The van der Waals surface area contributed by atoms with Crippen LogP contribution in [0.4, 0.5) is 0 Å². The van der Waals surface area contributed by atoms with Crippen LogP contribution < -0.4 is 5.73 Å². The van der Waals surface area contributed by atoms with Crippen LogP contribution in [0.3, 0.4) is 0 Å². The lowest BCUT2D eigenvalue weighted by molar-refractivity contribution is 0.467. The number of aryl methyl sites for hydroxylation is 2. The van der Waals surface area contributed by atoms with Gasteiger partial charge >= 0.3 is 0 Å². The summed E-state index contributed by atoms with van der Waals surface area (Å²) in [6.45, 7) is 5.23. The van der Waals surface area contributed by atoms with E-state index in [2.05, 4.69) is 52.5 Å². The van der Waals surface area contributed by atoms with Crippen molar-refractivity contribution < 1.29 is 0 Å². The largest absolute Gasteiger partial charge is 0.327 e. The third-order valence-electron chi connectivity index (χ3n) is 3.99. The Labute approximate surface area is 122 Å². The summed E-state index contributed by atoms with van der Waals surface area (Å²) in [4.78, 5) is 4.69. The summed E-state index contributed by atoms with van der Waals surface area (Å²) in [5, 5.41) is 0. The molecule has 0 amide bonds. The molecule has 4 heteroatoms. The summed E-state index contributed by atoms with van der Waals surface area (Å²) in [7, 11) is 0. The second-order valence-corrected chi connectivity index (χ2v) is 6.09. The summed E-state index contributed by atoms with van der Waals surface area (Å²) in [5.74, 6) is 0. The number of nitrogens with two attached hydrogens (primary N) is 1. The third kappa shape index (κ3) is 2.23. The van der Waals surface area contributed by atoms with Gasteiger partial charge in [-0.1, -0.05) is 12.1 Å². The van der Waals surface area contributed by atoms with E-state index < -0.39 is 0 Å². The average Bonchev–Trinajstić information content (AvgIpc) is 2.70. The van der Waals surface area contributed by atoms with Crippen molar-refractivity contribution in [2.24, 2.45) is 5.73 Å². The van der Waals surface area contributed by atoms with E-state index in [1.54, 1.807) is 0 Å². The van der Waals surface area contributed by atoms with Gasteiger partial charge in [0.2, 0.25) is 0 Å². The standard InChI is InChI=1S/C15H18BrN3/c1-9-3-4-11(7-10(9)2)14-13-8-12(17)5-6-19(13)15(16)18-14/h3-4,7,12H,5-6,8,17H2,1-2H3. The molecule has 0 spiro atoms. The minimum atomic E-state index is 0.251. The molecule has 100 valence electrons. The molecule has 3 rings (SSSR count). The molecule has 19 heavy (non-hydrogen) atoms. The van der Waals surface area contributed by atoms with Crippen molar-refractivity contribution in [2.75, 3.05) is 0 Å². The smallest absolute Gasteiger partial charge is 0.177 e. The first-order chi connectivity index (χ1) is 9.06. The highest BCUT2D eigenvalue weighted by Crippen LogP contribution is 2.31. The number of hydrogen-bond donors (Lipinski definition) is 1. The normalized spacial score (nSPS) is 18.4. The van der Waals surface area contributed by atoms with E-state index in [0.29, 0.717) is 0 Å². The summed E-state index contributed by atoms with van der Waals surface area (Å²) < 4.78 is 3.16. The number of fused-ring (bicyclic) bond motifs is 1. The van der Waals surface area contributed by atoms with Crippen molar-refractivity contribution in [2.45, 2.75) is 39.3 Å². The van der Waals surface area contributed by atoms with Crippen molar-refractivity contribution in [1.82, 2.24) is 9.55 Å². The van der Waals surface area contributed by atoms with E-state index in [9.17, 15) is 0 Å². The lowest BCUT2D eigenvalue weighted by Gasteiger charge is -2.21. The third-order valence-corrected chi connectivity index (χ3v) is 4.59. The van der Waals surface area contributed by atoms with Gasteiger partial charge in [-0.25, -0.2) is 4.98 Å². The quantitative estimate of drug-likeness (QED) is 0.877. The van der Waals surface area contributed by atoms with Crippen LogP contribution in [0.15, 0.2) is 22.9 Å². The number of benzene rings is 1. The zero-order valence-electron chi connectivity index (χ0n) is 11.3. The molecule has 1 aromatic heterocycles. The van der Waals surface area contributed by atoms with Crippen LogP contribution in [-0.2, 0) is 13.0 Å². The molecule has 1 aliphatic rings. The summed E-state index contributed by atoms with van der Waals surface area (Å²) in [6, 6.07) is 6.78. The molecule has 1 unspecified atom stereocenters. The highest BCUT2D eigenvalue weighted by Gasteiger charge is 2.23. The molecule has 1 atom stereocenters. The Morgan fingerprint density at radius 3 is 2.84 bits per heavy atom. The van der Waals surface area contributed by atoms with Gasteiger partial charge < -0.3 is 10.3 Å². The zero-order valence-corrected chi connectivity index (χ0v) is 12.9. The van der Waals surface area contributed by atoms with E-state index >= 15 is 0 Å². The first kappa shape index (κ1) is 12.9. The SMILES string of the molecule is Cc1ccc(-c2nc(Br)n3c2CC(N)CC3)cc1C. The maximum atomic E-state index is 6.10. The van der Waals surface area contributed by atoms with Gasteiger partial charge in [0.1, 0.15) is 0 Å². The first-order valence-corrected chi connectivity index (χ1v) is 7.43. The van der Waals surface area contributed by atoms with Crippen molar-refractivity contribution in [3.05, 3.63) is 39.8 Å². The molecule has 2 N–H and O–H groups in total. The second kappa shape index (κ2) is 4.76. The van der Waals surface area contributed by atoms with E-state index in [1.165, 1.54) is 22.4 Å². The number of halogens is 1. The van der Waals surface area contributed by atoms with E-state index in [4.69, 9.17) is 10.7 Å². The molecule has 0 aliphatic carbocycles. The number of aromatic nitrogens is 2. The molecule has 0 saturated heterocycles. The first-order valence-electron chi connectivity index (χ1n) is 6.64. The molecule has 1 aliphatic heterocycles. The van der Waals surface area contributed by atoms with Gasteiger partial charge in [-0.05, 0) is 53.4 Å². The minimum Gasteiger partial charge on any atom is -0.327 e. The molecule has 2 heterocycles. The summed E-state index contributed by atoms with van der Waals surface area (Å²) in [6.07, 6.45) is 1.93. The van der Waals surface area contributed by atoms with Crippen molar-refractivity contribution in [1.29, 1.82) is 0 Å². The van der Waals surface area contributed by atoms with Gasteiger partial charge in [0.25, 0.3) is 0 Å². The average molecular weight is 320 g/mol. The Kier molecular flexibility index (Phi) is 3.23. The summed E-state index contributed by atoms with van der Waals surface area (Å²) >= 11 is 3.56. The van der Waals surface area contributed by atoms with Crippen LogP contribution in [0, 0.1) is 13.8 Å². The molecule has 2 aromatic rings. The van der Waals surface area contributed by atoms with Gasteiger partial charge in [-0.3, -0.25) is 0 Å². The zero-order chi connectivity index (χ0) is 13.6. The maximum Gasteiger partial charge on any atom is 0.177 e. The van der Waals surface area contributed by atoms with Gasteiger partial charge in [0.05, 0.1) is 5.69 Å². The molecule has 1 aromatic carbocycles. The van der Waals surface area contributed by atoms with Crippen molar-refractivity contribution in [3.63, 3.8) is 0 Å². The number of nitrogens with zero attached hydrogens (tertiary/aromatic N) is 2. The topological polar surface area (TPSA) is 43.8 Å². The van der Waals surface area contributed by atoms with Crippen LogP contribution >= 0.6 is 15.9 Å². The fraction of sp³-hybridized carbons (Fsp3) is 0.400. The molecule has 0 bridgehead atoms. The van der Waals surface area contributed by atoms with Crippen LogP contribution in [-0.4, -0.2) is 15.6 Å². The van der Waals surface area contributed by atoms with Crippen LogP contribution in [0.25, 0.3) is 11.3 Å². The molecule has 3 nitrogen and oxygen atoms in total. The van der Waals surface area contributed by atoms with E-state index in [-0.39, 0.29) is 6.04 Å². The fourth-order valence-electron chi connectivity index (χ4n) is 2.66. The second-order valence-electron chi connectivity index (χ2n) is 5.38. The Bertz CT molecular complexity index is 631. The van der Waals surface area contributed by atoms with E-state index in [1.807, 2.05) is 0 Å². The Morgan fingerprint density at radius 1 is 1.32 bits per heavy atom. The summed E-state index contributed by atoms with van der Waals surface area (Å²) in [5.41, 5.74) is 12.2. The molecule has 0 fully saturated rings. The molecular formula is C15H18BrN3.